The Morgan fingerprint density at radius 3 is 2.40 bits per heavy atom. The molecule has 0 unspecified atom stereocenters. The lowest BCUT2D eigenvalue weighted by Gasteiger charge is -2.08. The van der Waals surface area contributed by atoms with Gasteiger partial charge in [0.15, 0.2) is 5.69 Å². The SMILES string of the molecule is O=C(NNC(=O)c1nn(-c2ccc(F)cc2)c2c1CCCCC2)c1ccccc1Br. The molecule has 0 saturated heterocycles. The average Bonchev–Trinajstić information content (AvgIpc) is 2.94. The standard InChI is InChI=1S/C22H20BrFN4O2/c23-18-8-5-4-6-16(18)21(29)25-26-22(30)20-17-7-2-1-3-9-19(17)28(27-20)15-12-10-14(24)11-13-15/h4-6,8,10-13H,1-3,7,9H2,(H,25,29)(H,26,30). The van der Waals surface area contributed by atoms with Gasteiger partial charge in [0, 0.05) is 15.7 Å². The molecule has 4 rings (SSSR count). The molecule has 30 heavy (non-hydrogen) atoms. The van der Waals surface area contributed by atoms with E-state index in [1.54, 1.807) is 41.1 Å². The van der Waals surface area contributed by atoms with E-state index in [1.807, 2.05) is 0 Å². The number of nitrogens with zero attached hydrogens (tertiary/aromatic N) is 2. The van der Waals surface area contributed by atoms with Gasteiger partial charge in [-0.1, -0.05) is 18.6 Å². The van der Waals surface area contributed by atoms with Crippen LogP contribution in [0.5, 0.6) is 0 Å². The predicted octanol–water partition coefficient (Wildman–Crippen LogP) is 4.12. The van der Waals surface area contributed by atoms with Crippen LogP contribution in [0.3, 0.4) is 0 Å². The molecule has 1 aliphatic carbocycles. The fourth-order valence-electron chi connectivity index (χ4n) is 3.64. The van der Waals surface area contributed by atoms with Gasteiger partial charge in [-0.05, 0) is 78.0 Å². The van der Waals surface area contributed by atoms with Gasteiger partial charge in [0.1, 0.15) is 5.82 Å². The summed E-state index contributed by atoms with van der Waals surface area (Å²) in [5.74, 6) is -1.24. The van der Waals surface area contributed by atoms with E-state index in [-0.39, 0.29) is 11.5 Å². The summed E-state index contributed by atoms with van der Waals surface area (Å²) >= 11 is 3.33. The lowest BCUT2D eigenvalue weighted by Crippen LogP contribution is -2.42. The average molecular weight is 471 g/mol. The summed E-state index contributed by atoms with van der Waals surface area (Å²) in [6.07, 6.45) is 4.55. The van der Waals surface area contributed by atoms with E-state index in [9.17, 15) is 14.0 Å². The summed E-state index contributed by atoms with van der Waals surface area (Å²) in [5, 5.41) is 4.52. The van der Waals surface area contributed by atoms with Crippen molar-refractivity contribution in [3.05, 3.63) is 81.3 Å². The van der Waals surface area contributed by atoms with Crippen molar-refractivity contribution in [1.82, 2.24) is 20.6 Å². The summed E-state index contributed by atoms with van der Waals surface area (Å²) < 4.78 is 15.7. The number of rotatable bonds is 3. The minimum Gasteiger partial charge on any atom is -0.267 e. The predicted molar refractivity (Wildman–Crippen MR) is 114 cm³/mol. The van der Waals surface area contributed by atoms with E-state index in [0.29, 0.717) is 15.7 Å². The van der Waals surface area contributed by atoms with Gasteiger partial charge in [0.25, 0.3) is 11.8 Å². The third-order valence-electron chi connectivity index (χ3n) is 5.12. The molecule has 0 spiro atoms. The van der Waals surface area contributed by atoms with Crippen molar-refractivity contribution in [2.45, 2.75) is 32.1 Å². The Balaban J connectivity index is 1.60. The third-order valence-corrected chi connectivity index (χ3v) is 5.82. The molecular weight excluding hydrogens is 451 g/mol. The first-order valence-corrected chi connectivity index (χ1v) is 10.6. The van der Waals surface area contributed by atoms with Crippen molar-refractivity contribution in [2.24, 2.45) is 0 Å². The van der Waals surface area contributed by atoms with E-state index in [4.69, 9.17) is 0 Å². The zero-order valence-electron chi connectivity index (χ0n) is 16.1. The second-order valence-electron chi connectivity index (χ2n) is 7.11. The van der Waals surface area contributed by atoms with E-state index >= 15 is 0 Å². The molecule has 0 radical (unpaired) electrons. The Morgan fingerprint density at radius 1 is 0.933 bits per heavy atom. The number of nitrogens with one attached hydrogen (secondary N) is 2. The summed E-state index contributed by atoms with van der Waals surface area (Å²) in [5.41, 5.74) is 8.15. The highest BCUT2D eigenvalue weighted by Crippen LogP contribution is 2.26. The van der Waals surface area contributed by atoms with Gasteiger partial charge in [-0.15, -0.1) is 0 Å². The molecule has 2 aromatic carbocycles. The molecule has 0 fully saturated rings. The van der Waals surface area contributed by atoms with Crippen LogP contribution in [0, 0.1) is 5.82 Å². The van der Waals surface area contributed by atoms with Crippen LogP contribution < -0.4 is 10.9 Å². The molecular formula is C22H20BrFN4O2. The first-order valence-electron chi connectivity index (χ1n) is 9.76. The van der Waals surface area contributed by atoms with Gasteiger partial charge in [0.2, 0.25) is 0 Å². The number of carbonyl (C=O) groups is 2. The third kappa shape index (κ3) is 4.14. The second kappa shape index (κ2) is 8.79. The number of hydrogen-bond acceptors (Lipinski definition) is 3. The second-order valence-corrected chi connectivity index (χ2v) is 7.97. The van der Waals surface area contributed by atoms with Crippen molar-refractivity contribution >= 4 is 27.7 Å². The fourth-order valence-corrected chi connectivity index (χ4v) is 4.10. The molecule has 8 heteroatoms. The summed E-state index contributed by atoms with van der Waals surface area (Å²) in [4.78, 5) is 25.3. The number of carbonyl (C=O) groups excluding carboxylic acids is 2. The Kier molecular flexibility index (Phi) is 5.94. The minimum absolute atomic E-state index is 0.281. The first-order chi connectivity index (χ1) is 14.5. The van der Waals surface area contributed by atoms with Crippen LogP contribution in [0.15, 0.2) is 53.0 Å². The largest absolute Gasteiger partial charge is 0.290 e. The molecule has 0 atom stereocenters. The van der Waals surface area contributed by atoms with Crippen LogP contribution in [-0.2, 0) is 12.8 Å². The molecule has 1 heterocycles. The van der Waals surface area contributed by atoms with Crippen LogP contribution in [-0.4, -0.2) is 21.6 Å². The molecule has 0 aliphatic heterocycles. The normalized spacial score (nSPS) is 13.3. The molecule has 6 nitrogen and oxygen atoms in total. The molecule has 1 aliphatic rings. The highest BCUT2D eigenvalue weighted by atomic mass is 79.9. The monoisotopic (exact) mass is 470 g/mol. The van der Waals surface area contributed by atoms with Crippen LogP contribution in [0.2, 0.25) is 0 Å². The number of benzene rings is 2. The van der Waals surface area contributed by atoms with Crippen LogP contribution >= 0.6 is 15.9 Å². The van der Waals surface area contributed by atoms with Gasteiger partial charge in [-0.25, -0.2) is 9.07 Å². The Bertz CT molecular complexity index is 1100. The lowest BCUT2D eigenvalue weighted by atomic mass is 10.1. The Labute approximate surface area is 181 Å². The van der Waals surface area contributed by atoms with Crippen LogP contribution in [0.4, 0.5) is 4.39 Å². The lowest BCUT2D eigenvalue weighted by molar-refractivity contribution is 0.0842. The van der Waals surface area contributed by atoms with Crippen LogP contribution in [0.1, 0.15) is 51.4 Å². The molecule has 154 valence electrons. The summed E-state index contributed by atoms with van der Waals surface area (Å²) in [6, 6.07) is 13.0. The molecule has 3 aromatic rings. The highest BCUT2D eigenvalue weighted by Gasteiger charge is 2.25. The zero-order valence-corrected chi connectivity index (χ0v) is 17.7. The van der Waals surface area contributed by atoms with Crippen molar-refractivity contribution in [1.29, 1.82) is 0 Å². The maximum atomic E-state index is 13.3. The number of hydrogen-bond donors (Lipinski definition) is 2. The first kappa shape index (κ1) is 20.3. The van der Waals surface area contributed by atoms with Crippen molar-refractivity contribution in [3.8, 4) is 5.69 Å². The number of fused-ring (bicyclic) bond motifs is 1. The van der Waals surface area contributed by atoms with Crippen LogP contribution in [0.25, 0.3) is 5.69 Å². The van der Waals surface area contributed by atoms with E-state index < -0.39 is 11.8 Å². The molecule has 0 saturated carbocycles. The molecule has 2 amide bonds. The van der Waals surface area contributed by atoms with Crippen molar-refractivity contribution in [2.75, 3.05) is 0 Å². The topological polar surface area (TPSA) is 76.0 Å². The van der Waals surface area contributed by atoms with E-state index in [1.165, 1.54) is 12.1 Å². The maximum absolute atomic E-state index is 13.3. The Hall–Kier alpha value is -3.00. The van der Waals surface area contributed by atoms with E-state index in [0.717, 1.165) is 43.4 Å². The van der Waals surface area contributed by atoms with E-state index in [2.05, 4.69) is 31.9 Å². The number of aromatic nitrogens is 2. The molecule has 1 aromatic heterocycles. The Morgan fingerprint density at radius 2 is 1.63 bits per heavy atom. The summed E-state index contributed by atoms with van der Waals surface area (Å²) in [6.45, 7) is 0. The summed E-state index contributed by atoms with van der Waals surface area (Å²) in [7, 11) is 0. The van der Waals surface area contributed by atoms with Gasteiger partial charge < -0.3 is 0 Å². The van der Waals surface area contributed by atoms with Gasteiger partial charge in [0.05, 0.1) is 11.3 Å². The number of amides is 2. The zero-order chi connectivity index (χ0) is 21.1. The smallest absolute Gasteiger partial charge is 0.267 e. The number of hydrazine groups is 1. The highest BCUT2D eigenvalue weighted by molar-refractivity contribution is 9.10. The minimum atomic E-state index is -0.477. The molecule has 2 N–H and O–H groups in total. The quantitative estimate of drug-likeness (QED) is 0.446. The molecule has 0 bridgehead atoms. The maximum Gasteiger partial charge on any atom is 0.290 e. The van der Waals surface area contributed by atoms with Crippen molar-refractivity contribution < 1.29 is 14.0 Å². The number of halogens is 2. The van der Waals surface area contributed by atoms with Gasteiger partial charge >= 0.3 is 0 Å². The fraction of sp³-hybridized carbons (Fsp3) is 0.227. The van der Waals surface area contributed by atoms with Gasteiger partial charge in [-0.2, -0.15) is 5.10 Å². The van der Waals surface area contributed by atoms with Gasteiger partial charge in [-0.3, -0.25) is 20.4 Å². The van der Waals surface area contributed by atoms with Crippen molar-refractivity contribution in [3.63, 3.8) is 0 Å².